The van der Waals surface area contributed by atoms with Crippen LogP contribution in [0.25, 0.3) is 0 Å². The van der Waals surface area contributed by atoms with Gasteiger partial charge in [0.15, 0.2) is 9.84 Å². The highest BCUT2D eigenvalue weighted by Crippen LogP contribution is 2.39. The van der Waals surface area contributed by atoms with E-state index in [2.05, 4.69) is 28.6 Å². The lowest BCUT2D eigenvalue weighted by atomic mass is 9.99. The highest BCUT2D eigenvalue weighted by molar-refractivity contribution is 7.91. The van der Waals surface area contributed by atoms with Crippen molar-refractivity contribution in [2.75, 3.05) is 37.6 Å². The third kappa shape index (κ3) is 2.71. The van der Waals surface area contributed by atoms with Crippen molar-refractivity contribution < 1.29 is 8.42 Å². The number of fused-ring (bicyclic) bond motifs is 3. The van der Waals surface area contributed by atoms with Gasteiger partial charge in [-0.1, -0.05) is 13.8 Å². The molecule has 6 nitrogen and oxygen atoms in total. The Morgan fingerprint density at radius 3 is 2.88 bits per heavy atom. The fourth-order valence-electron chi connectivity index (χ4n) is 4.43. The highest BCUT2D eigenvalue weighted by atomic mass is 32.2. The van der Waals surface area contributed by atoms with Crippen LogP contribution in [0.4, 0.5) is 5.95 Å². The molecule has 1 aromatic rings. The topological polar surface area (TPSA) is 66.4 Å². The molecule has 3 aliphatic heterocycles. The van der Waals surface area contributed by atoms with E-state index in [9.17, 15) is 8.42 Å². The summed E-state index contributed by atoms with van der Waals surface area (Å²) in [5, 5.41) is -0.298. The van der Waals surface area contributed by atoms with Gasteiger partial charge in [0.05, 0.1) is 16.7 Å². The van der Waals surface area contributed by atoms with Crippen LogP contribution in [0.2, 0.25) is 0 Å². The molecular weight excluding hydrogens is 324 g/mol. The summed E-state index contributed by atoms with van der Waals surface area (Å²) in [7, 11) is -3.10. The minimum atomic E-state index is -3.10. The van der Waals surface area contributed by atoms with Gasteiger partial charge >= 0.3 is 0 Å². The second-order valence-corrected chi connectivity index (χ2v) is 9.80. The van der Waals surface area contributed by atoms with Gasteiger partial charge in [-0.15, -0.1) is 0 Å². The Morgan fingerprint density at radius 2 is 2.12 bits per heavy atom. The van der Waals surface area contributed by atoms with Crippen molar-refractivity contribution in [3.63, 3.8) is 0 Å². The zero-order valence-corrected chi connectivity index (χ0v) is 15.3. The van der Waals surface area contributed by atoms with Gasteiger partial charge in [-0.05, 0) is 25.3 Å². The van der Waals surface area contributed by atoms with Crippen molar-refractivity contribution in [1.29, 1.82) is 0 Å². The number of hydrogen-bond acceptors (Lipinski definition) is 6. The molecule has 132 valence electrons. The first kappa shape index (κ1) is 16.3. The molecule has 24 heavy (non-hydrogen) atoms. The molecular formula is C17H26N4O2S. The molecule has 3 atom stereocenters. The van der Waals surface area contributed by atoms with E-state index in [4.69, 9.17) is 4.98 Å². The highest BCUT2D eigenvalue weighted by Gasteiger charge is 2.47. The minimum Gasteiger partial charge on any atom is -0.341 e. The number of aromatic nitrogens is 2. The quantitative estimate of drug-likeness (QED) is 0.804. The first-order valence-electron chi connectivity index (χ1n) is 9.02. The van der Waals surface area contributed by atoms with E-state index < -0.39 is 9.84 Å². The molecule has 0 saturated carbocycles. The number of nitrogens with zero attached hydrogens (tertiary/aromatic N) is 4. The van der Waals surface area contributed by atoms with Crippen LogP contribution in [0.3, 0.4) is 0 Å². The van der Waals surface area contributed by atoms with Crippen LogP contribution in [0.15, 0.2) is 6.20 Å². The van der Waals surface area contributed by atoms with E-state index in [-0.39, 0.29) is 16.9 Å². The van der Waals surface area contributed by atoms with Crippen molar-refractivity contribution >= 4 is 15.8 Å². The first-order chi connectivity index (χ1) is 11.5. The van der Waals surface area contributed by atoms with Crippen molar-refractivity contribution in [3.8, 4) is 0 Å². The maximum atomic E-state index is 12.6. The molecule has 7 heteroatoms. The van der Waals surface area contributed by atoms with Crippen LogP contribution in [-0.4, -0.2) is 61.3 Å². The van der Waals surface area contributed by atoms with E-state index in [1.54, 1.807) is 6.20 Å². The predicted octanol–water partition coefficient (Wildman–Crippen LogP) is 1.43. The minimum absolute atomic E-state index is 0.00247. The lowest BCUT2D eigenvalue weighted by Crippen LogP contribution is -2.38. The van der Waals surface area contributed by atoms with Gasteiger partial charge in [0, 0.05) is 43.9 Å². The van der Waals surface area contributed by atoms with Crippen molar-refractivity contribution in [1.82, 2.24) is 14.9 Å². The third-order valence-corrected chi connectivity index (χ3v) is 7.90. The molecule has 2 saturated heterocycles. The number of likely N-dealkylation sites (tertiary alicyclic amines) is 1. The van der Waals surface area contributed by atoms with E-state index in [0.29, 0.717) is 12.5 Å². The number of hydrogen-bond donors (Lipinski definition) is 0. The summed E-state index contributed by atoms with van der Waals surface area (Å²) >= 11 is 0. The normalized spacial score (nSPS) is 32.4. The maximum Gasteiger partial charge on any atom is 0.225 e. The Labute approximate surface area is 144 Å². The molecule has 0 aromatic carbocycles. The Balaban J connectivity index is 1.70. The Hall–Kier alpha value is -1.21. The molecule has 4 heterocycles. The van der Waals surface area contributed by atoms with E-state index in [1.807, 2.05) is 0 Å². The summed E-state index contributed by atoms with van der Waals surface area (Å²) in [4.78, 5) is 13.9. The average molecular weight is 350 g/mol. The van der Waals surface area contributed by atoms with Crippen LogP contribution in [0.1, 0.15) is 43.9 Å². The second-order valence-electron chi connectivity index (χ2n) is 7.58. The lowest BCUT2D eigenvalue weighted by molar-refractivity contribution is 0.353. The van der Waals surface area contributed by atoms with E-state index in [1.165, 1.54) is 12.8 Å². The third-order valence-electron chi connectivity index (χ3n) is 5.78. The molecule has 0 N–H and O–H groups in total. The van der Waals surface area contributed by atoms with Crippen LogP contribution in [0.5, 0.6) is 0 Å². The Kier molecular flexibility index (Phi) is 4.03. The van der Waals surface area contributed by atoms with Crippen LogP contribution >= 0.6 is 0 Å². The van der Waals surface area contributed by atoms with Crippen molar-refractivity contribution in [2.45, 2.75) is 43.6 Å². The van der Waals surface area contributed by atoms with Crippen molar-refractivity contribution in [3.05, 3.63) is 17.5 Å². The van der Waals surface area contributed by atoms with E-state index in [0.717, 1.165) is 43.4 Å². The van der Waals surface area contributed by atoms with Gasteiger partial charge in [0.25, 0.3) is 0 Å². The fraction of sp³-hybridized carbons (Fsp3) is 0.765. The molecule has 1 unspecified atom stereocenters. The summed E-state index contributed by atoms with van der Waals surface area (Å²) in [6.07, 6.45) is 4.20. The number of likely N-dealkylation sites (N-methyl/N-ethyl adjacent to an activating group) is 1. The number of anilines is 1. The summed E-state index contributed by atoms with van der Waals surface area (Å²) in [5.41, 5.74) is 1.79. The molecule has 4 rings (SSSR count). The standard InChI is InChI=1S/C17H26N4O2S/c1-3-20-9-14-15(10-20)24(22,23)11-13-7-18-17(19-16(13)14)21-6-4-5-12(2)8-21/h7,12,14-15H,3-6,8-11H2,1-2H3/t12?,14-,15+/m0/s1. The summed E-state index contributed by atoms with van der Waals surface area (Å²) in [5.74, 6) is 1.54. The Morgan fingerprint density at radius 1 is 1.29 bits per heavy atom. The molecule has 0 radical (unpaired) electrons. The molecule has 0 spiro atoms. The monoisotopic (exact) mass is 350 g/mol. The van der Waals surface area contributed by atoms with Crippen molar-refractivity contribution in [2.24, 2.45) is 5.92 Å². The van der Waals surface area contributed by atoms with Gasteiger partial charge < -0.3 is 9.80 Å². The number of piperidine rings is 1. The van der Waals surface area contributed by atoms with Gasteiger partial charge in [-0.2, -0.15) is 0 Å². The van der Waals surface area contributed by atoms with E-state index >= 15 is 0 Å². The predicted molar refractivity (Wildman–Crippen MR) is 93.9 cm³/mol. The number of rotatable bonds is 2. The average Bonchev–Trinajstić information content (AvgIpc) is 3.00. The SMILES string of the molecule is CCN1C[C@@H]2c3nc(N4CCCC(C)C4)ncc3CS(=O)(=O)[C@@H]2C1. The first-order valence-corrected chi connectivity index (χ1v) is 10.7. The molecule has 0 amide bonds. The molecule has 2 fully saturated rings. The second kappa shape index (κ2) is 5.95. The zero-order chi connectivity index (χ0) is 16.9. The molecule has 0 aliphatic carbocycles. The largest absolute Gasteiger partial charge is 0.341 e. The van der Waals surface area contributed by atoms with Gasteiger partial charge in [0.1, 0.15) is 0 Å². The van der Waals surface area contributed by atoms with Crippen LogP contribution < -0.4 is 4.90 Å². The summed E-state index contributed by atoms with van der Waals surface area (Å²) < 4.78 is 25.2. The van der Waals surface area contributed by atoms with Gasteiger partial charge in [-0.3, -0.25) is 0 Å². The van der Waals surface area contributed by atoms with Crippen LogP contribution in [0, 0.1) is 5.92 Å². The zero-order valence-electron chi connectivity index (χ0n) is 14.5. The fourth-order valence-corrected chi connectivity index (χ4v) is 6.45. The summed E-state index contributed by atoms with van der Waals surface area (Å²) in [6.45, 7) is 8.67. The van der Waals surface area contributed by atoms with Crippen LogP contribution in [-0.2, 0) is 15.6 Å². The Bertz CT molecular complexity index is 736. The van der Waals surface area contributed by atoms with Gasteiger partial charge in [0.2, 0.25) is 5.95 Å². The molecule has 1 aromatic heterocycles. The molecule has 0 bridgehead atoms. The molecule has 3 aliphatic rings. The van der Waals surface area contributed by atoms with Gasteiger partial charge in [-0.25, -0.2) is 18.4 Å². The number of sulfone groups is 1. The maximum absolute atomic E-state index is 12.6. The smallest absolute Gasteiger partial charge is 0.225 e. The summed E-state index contributed by atoms with van der Waals surface area (Å²) in [6, 6.07) is 0. The lowest BCUT2D eigenvalue weighted by Gasteiger charge is -2.32.